The van der Waals surface area contributed by atoms with Crippen LogP contribution in [0.1, 0.15) is 11.1 Å². The van der Waals surface area contributed by atoms with Crippen LogP contribution in [0, 0.1) is 0 Å². The smallest absolute Gasteiger partial charge is 0.422 e. The zero-order valence-corrected chi connectivity index (χ0v) is 18.3. The Labute approximate surface area is 193 Å². The van der Waals surface area contributed by atoms with E-state index < -0.39 is 12.8 Å². The number of urea groups is 1. The summed E-state index contributed by atoms with van der Waals surface area (Å²) in [5.74, 6) is -0.153. The molecule has 0 saturated carbocycles. The van der Waals surface area contributed by atoms with E-state index in [0.717, 1.165) is 16.5 Å². The van der Waals surface area contributed by atoms with Gasteiger partial charge < -0.3 is 24.8 Å². The van der Waals surface area contributed by atoms with Crippen molar-refractivity contribution in [3.8, 4) is 5.88 Å². The molecule has 2 aromatic heterocycles. The predicted molar refractivity (Wildman–Crippen MR) is 118 cm³/mol. The van der Waals surface area contributed by atoms with Gasteiger partial charge in [-0.1, -0.05) is 18.2 Å². The van der Waals surface area contributed by atoms with E-state index in [0.29, 0.717) is 31.7 Å². The second kappa shape index (κ2) is 10.0. The Balaban J connectivity index is 1.23. The first kappa shape index (κ1) is 23.4. The summed E-state index contributed by atoms with van der Waals surface area (Å²) in [7, 11) is 0. The maximum absolute atomic E-state index is 12.7. The van der Waals surface area contributed by atoms with Crippen LogP contribution < -0.4 is 10.1 Å². The number of fused-ring (bicyclic) bond motifs is 1. The number of hydrogen-bond acceptors (Lipinski definition) is 4. The van der Waals surface area contributed by atoms with Crippen molar-refractivity contribution in [2.24, 2.45) is 0 Å². The maximum atomic E-state index is 12.7. The van der Waals surface area contributed by atoms with Gasteiger partial charge in [-0.2, -0.15) is 13.2 Å². The van der Waals surface area contributed by atoms with Gasteiger partial charge >= 0.3 is 12.2 Å². The van der Waals surface area contributed by atoms with Gasteiger partial charge in [-0.15, -0.1) is 0 Å². The summed E-state index contributed by atoms with van der Waals surface area (Å²) in [6.45, 7) is 0.324. The summed E-state index contributed by atoms with van der Waals surface area (Å²) >= 11 is 0. The molecule has 8 nitrogen and oxygen atoms in total. The first-order valence-corrected chi connectivity index (χ1v) is 10.8. The van der Waals surface area contributed by atoms with Crippen LogP contribution in [0.2, 0.25) is 0 Å². The van der Waals surface area contributed by atoms with Crippen LogP contribution >= 0.6 is 0 Å². The van der Waals surface area contributed by atoms with Gasteiger partial charge in [0, 0.05) is 62.1 Å². The molecule has 1 aliphatic heterocycles. The highest BCUT2D eigenvalue weighted by atomic mass is 19.4. The lowest BCUT2D eigenvalue weighted by molar-refractivity contribution is -0.154. The van der Waals surface area contributed by atoms with Crippen molar-refractivity contribution in [1.29, 1.82) is 0 Å². The number of halogens is 3. The minimum Gasteiger partial charge on any atom is -0.468 e. The second-order valence-corrected chi connectivity index (χ2v) is 7.97. The summed E-state index contributed by atoms with van der Waals surface area (Å²) in [4.78, 5) is 35.5. The lowest BCUT2D eigenvalue weighted by Crippen LogP contribution is -2.53. The summed E-state index contributed by atoms with van der Waals surface area (Å²) in [6.07, 6.45) is -0.988. The highest BCUT2D eigenvalue weighted by Gasteiger charge is 2.29. The third-order valence-corrected chi connectivity index (χ3v) is 5.56. The monoisotopic (exact) mass is 475 g/mol. The van der Waals surface area contributed by atoms with Crippen molar-refractivity contribution in [3.63, 3.8) is 0 Å². The largest absolute Gasteiger partial charge is 0.468 e. The number of benzene rings is 1. The fourth-order valence-corrected chi connectivity index (χ4v) is 3.80. The van der Waals surface area contributed by atoms with Gasteiger partial charge in [0.05, 0.1) is 6.42 Å². The topological polar surface area (TPSA) is 90.6 Å². The van der Waals surface area contributed by atoms with E-state index in [1.54, 1.807) is 15.9 Å². The molecule has 3 aromatic rings. The Kier molecular flexibility index (Phi) is 6.90. The molecule has 1 fully saturated rings. The molecular weight excluding hydrogens is 451 g/mol. The average Bonchev–Trinajstić information content (AvgIpc) is 3.24. The normalized spacial score (nSPS) is 14.3. The highest BCUT2D eigenvalue weighted by molar-refractivity contribution is 5.89. The third kappa shape index (κ3) is 5.97. The zero-order valence-electron chi connectivity index (χ0n) is 18.3. The molecule has 1 aromatic carbocycles. The Hall–Kier alpha value is -3.76. The number of nitrogens with zero attached hydrogens (tertiary/aromatic N) is 3. The molecule has 11 heteroatoms. The van der Waals surface area contributed by atoms with Gasteiger partial charge in [-0.05, 0) is 23.3 Å². The molecule has 2 N–H and O–H groups in total. The number of carbonyl (C=O) groups excluding carboxylic acids is 2. The molecular formula is C23H24F3N5O3. The van der Waals surface area contributed by atoms with Crippen LogP contribution in [0.25, 0.3) is 10.9 Å². The van der Waals surface area contributed by atoms with Gasteiger partial charge in [0.1, 0.15) is 0 Å². The molecule has 0 radical (unpaired) electrons. The Morgan fingerprint density at radius 3 is 2.59 bits per heavy atom. The van der Waals surface area contributed by atoms with Crippen molar-refractivity contribution < 1.29 is 27.5 Å². The quantitative estimate of drug-likeness (QED) is 0.573. The fraction of sp³-hybridized carbons (Fsp3) is 0.348. The molecule has 180 valence electrons. The fourth-order valence-electron chi connectivity index (χ4n) is 3.80. The molecule has 3 amide bonds. The SMILES string of the molecule is O=C(Cc1c[nH]c2ccccc12)N1CCN(C(=O)NCc2ccnc(OCC(F)(F)F)c2)CC1. The molecule has 0 spiro atoms. The van der Waals surface area contributed by atoms with Crippen LogP contribution in [-0.2, 0) is 17.8 Å². The number of para-hydroxylation sites is 1. The molecule has 1 aliphatic rings. The van der Waals surface area contributed by atoms with Crippen molar-refractivity contribution in [2.45, 2.75) is 19.1 Å². The molecule has 4 rings (SSSR count). The lowest BCUT2D eigenvalue weighted by atomic mass is 10.1. The predicted octanol–water partition coefficient (Wildman–Crippen LogP) is 3.10. The highest BCUT2D eigenvalue weighted by Crippen LogP contribution is 2.20. The van der Waals surface area contributed by atoms with Crippen LogP contribution in [0.15, 0.2) is 48.8 Å². The van der Waals surface area contributed by atoms with E-state index in [4.69, 9.17) is 0 Å². The minimum absolute atomic E-state index is 0.00739. The van der Waals surface area contributed by atoms with Crippen LogP contribution in [-0.4, -0.2) is 70.7 Å². The molecule has 0 aliphatic carbocycles. The average molecular weight is 475 g/mol. The van der Waals surface area contributed by atoms with Crippen LogP contribution in [0.3, 0.4) is 0 Å². The Morgan fingerprint density at radius 2 is 1.82 bits per heavy atom. The van der Waals surface area contributed by atoms with Crippen LogP contribution in [0.5, 0.6) is 5.88 Å². The summed E-state index contributed by atoms with van der Waals surface area (Å²) in [6, 6.07) is 10.4. The molecule has 1 saturated heterocycles. The number of pyridine rings is 1. The first-order valence-electron chi connectivity index (χ1n) is 10.8. The lowest BCUT2D eigenvalue weighted by Gasteiger charge is -2.34. The number of rotatable bonds is 6. The Morgan fingerprint density at radius 1 is 1.09 bits per heavy atom. The van der Waals surface area contributed by atoms with Gasteiger partial charge in [0.25, 0.3) is 0 Å². The summed E-state index contributed by atoms with van der Waals surface area (Å²) < 4.78 is 41.5. The number of piperazine rings is 1. The van der Waals surface area contributed by atoms with Crippen molar-refractivity contribution in [1.82, 2.24) is 25.1 Å². The Bertz CT molecular complexity index is 1160. The third-order valence-electron chi connectivity index (χ3n) is 5.56. The van der Waals surface area contributed by atoms with Gasteiger partial charge in [-0.3, -0.25) is 4.79 Å². The number of hydrogen-bond donors (Lipinski definition) is 2. The summed E-state index contributed by atoms with van der Waals surface area (Å²) in [5, 5.41) is 3.77. The van der Waals surface area contributed by atoms with E-state index in [9.17, 15) is 22.8 Å². The number of aromatic nitrogens is 2. The zero-order chi connectivity index (χ0) is 24.1. The van der Waals surface area contributed by atoms with Gasteiger partial charge in [-0.25, -0.2) is 9.78 Å². The van der Waals surface area contributed by atoms with Crippen molar-refractivity contribution >= 4 is 22.8 Å². The number of alkyl halides is 3. The first-order chi connectivity index (χ1) is 16.3. The number of amides is 3. The second-order valence-electron chi connectivity index (χ2n) is 7.97. The van der Waals surface area contributed by atoms with E-state index in [1.807, 2.05) is 30.5 Å². The summed E-state index contributed by atoms with van der Waals surface area (Å²) in [5.41, 5.74) is 2.49. The van der Waals surface area contributed by atoms with Gasteiger partial charge in [0.2, 0.25) is 11.8 Å². The minimum atomic E-state index is -4.45. The maximum Gasteiger partial charge on any atom is 0.422 e. The van der Waals surface area contributed by atoms with Gasteiger partial charge in [0.15, 0.2) is 6.61 Å². The standard InChI is InChI=1S/C23H24F3N5O3/c24-23(25,26)15-34-20-11-16(5-6-27-20)13-29-22(33)31-9-7-30(8-10-31)21(32)12-17-14-28-19-4-2-1-3-18(17)19/h1-6,11,14,28H,7-10,12-13,15H2,(H,29,33). The molecule has 0 atom stereocenters. The molecule has 34 heavy (non-hydrogen) atoms. The molecule has 0 bridgehead atoms. The number of aromatic amines is 1. The van der Waals surface area contributed by atoms with E-state index >= 15 is 0 Å². The van der Waals surface area contributed by atoms with Crippen LogP contribution in [0.4, 0.5) is 18.0 Å². The number of nitrogens with one attached hydrogen (secondary N) is 2. The van der Waals surface area contributed by atoms with E-state index in [-0.39, 0.29) is 30.8 Å². The van der Waals surface area contributed by atoms with E-state index in [1.165, 1.54) is 12.3 Å². The van der Waals surface area contributed by atoms with Crippen molar-refractivity contribution in [3.05, 3.63) is 59.9 Å². The number of ether oxygens (including phenoxy) is 1. The number of carbonyl (C=O) groups is 2. The van der Waals surface area contributed by atoms with Crippen molar-refractivity contribution in [2.75, 3.05) is 32.8 Å². The molecule has 3 heterocycles. The number of H-pyrrole nitrogens is 1. The molecule has 0 unspecified atom stereocenters. The van der Waals surface area contributed by atoms with E-state index in [2.05, 4.69) is 20.0 Å².